The third-order valence-corrected chi connectivity index (χ3v) is 5.29. The molecule has 102 valence electrons. The minimum absolute atomic E-state index is 0.158. The van der Waals surface area contributed by atoms with Crippen molar-refractivity contribution >= 4 is 10.0 Å². The zero-order chi connectivity index (χ0) is 13.2. The molecule has 1 fully saturated rings. The van der Waals surface area contributed by atoms with Gasteiger partial charge in [0.15, 0.2) is 5.03 Å². The quantitative estimate of drug-likeness (QED) is 0.848. The molecule has 18 heavy (non-hydrogen) atoms. The molecule has 0 saturated carbocycles. The highest BCUT2D eigenvalue weighted by atomic mass is 32.2. The number of hydrogen-bond acceptors (Lipinski definition) is 4. The van der Waals surface area contributed by atoms with Crippen molar-refractivity contribution in [3.05, 3.63) is 12.3 Å². The Hall–Kier alpha value is -0.920. The molecule has 2 rings (SSSR count). The van der Waals surface area contributed by atoms with Gasteiger partial charge in [0.1, 0.15) is 0 Å². The van der Waals surface area contributed by atoms with Crippen LogP contribution in [0.5, 0.6) is 0 Å². The average Bonchev–Trinajstić information content (AvgIpc) is 2.99. The summed E-state index contributed by atoms with van der Waals surface area (Å²) in [6.45, 7) is 4.69. The van der Waals surface area contributed by atoms with Gasteiger partial charge in [-0.3, -0.25) is 10.00 Å². The van der Waals surface area contributed by atoms with Gasteiger partial charge in [-0.2, -0.15) is 9.40 Å². The molecule has 6 nitrogen and oxygen atoms in total. The van der Waals surface area contributed by atoms with Gasteiger partial charge in [0, 0.05) is 19.6 Å². The maximum atomic E-state index is 12.2. The second-order valence-electron chi connectivity index (χ2n) is 4.63. The van der Waals surface area contributed by atoms with Crippen LogP contribution in [0.1, 0.15) is 19.8 Å². The highest BCUT2D eigenvalue weighted by Crippen LogP contribution is 2.19. The van der Waals surface area contributed by atoms with Gasteiger partial charge in [-0.15, -0.1) is 0 Å². The topological polar surface area (TPSA) is 69.3 Å². The zero-order valence-corrected chi connectivity index (χ0v) is 11.7. The summed E-state index contributed by atoms with van der Waals surface area (Å²) in [4.78, 5) is 2.33. The third-order valence-electron chi connectivity index (χ3n) is 3.54. The number of sulfonamides is 1. The van der Waals surface area contributed by atoms with E-state index < -0.39 is 10.0 Å². The van der Waals surface area contributed by atoms with Crippen LogP contribution in [-0.4, -0.2) is 60.5 Å². The molecule has 1 aliphatic rings. The molecule has 1 aromatic heterocycles. The van der Waals surface area contributed by atoms with Gasteiger partial charge in [-0.25, -0.2) is 8.42 Å². The molecule has 0 amide bonds. The van der Waals surface area contributed by atoms with Crippen LogP contribution >= 0.6 is 0 Å². The van der Waals surface area contributed by atoms with Crippen molar-refractivity contribution in [2.75, 3.05) is 26.7 Å². The molecule has 0 spiro atoms. The molecular formula is C11H20N4O2S. The van der Waals surface area contributed by atoms with Crippen molar-refractivity contribution in [1.82, 2.24) is 19.4 Å². The van der Waals surface area contributed by atoms with Crippen LogP contribution in [0.15, 0.2) is 17.3 Å². The Morgan fingerprint density at radius 1 is 1.61 bits per heavy atom. The molecule has 1 saturated heterocycles. The summed E-state index contributed by atoms with van der Waals surface area (Å²) in [5.41, 5.74) is 0. The maximum absolute atomic E-state index is 12.2. The molecule has 1 unspecified atom stereocenters. The van der Waals surface area contributed by atoms with E-state index in [1.54, 1.807) is 7.05 Å². The SMILES string of the molecule is CCN1CCCC1CN(C)S(=O)(=O)c1ccn[nH]1. The Morgan fingerprint density at radius 2 is 2.39 bits per heavy atom. The molecular weight excluding hydrogens is 252 g/mol. The van der Waals surface area contributed by atoms with Crippen molar-refractivity contribution < 1.29 is 8.42 Å². The lowest BCUT2D eigenvalue weighted by atomic mass is 10.2. The lowest BCUT2D eigenvalue weighted by molar-refractivity contribution is 0.237. The van der Waals surface area contributed by atoms with E-state index in [2.05, 4.69) is 22.0 Å². The number of nitrogens with zero attached hydrogens (tertiary/aromatic N) is 3. The molecule has 1 atom stereocenters. The van der Waals surface area contributed by atoms with Gasteiger partial charge in [-0.05, 0) is 32.0 Å². The van der Waals surface area contributed by atoms with E-state index in [1.165, 1.54) is 16.6 Å². The summed E-state index contributed by atoms with van der Waals surface area (Å²) in [5, 5.41) is 6.37. The van der Waals surface area contributed by atoms with E-state index in [9.17, 15) is 8.42 Å². The fraction of sp³-hybridized carbons (Fsp3) is 0.727. The molecule has 0 aromatic carbocycles. The first kappa shape index (κ1) is 13.5. The number of hydrogen-bond donors (Lipinski definition) is 1. The third kappa shape index (κ3) is 2.57. The van der Waals surface area contributed by atoms with Gasteiger partial charge >= 0.3 is 0 Å². The van der Waals surface area contributed by atoms with Crippen LogP contribution in [0.4, 0.5) is 0 Å². The molecule has 1 aliphatic heterocycles. The number of H-pyrrole nitrogens is 1. The average molecular weight is 272 g/mol. The summed E-state index contributed by atoms with van der Waals surface area (Å²) >= 11 is 0. The summed E-state index contributed by atoms with van der Waals surface area (Å²) in [6, 6.07) is 1.82. The van der Waals surface area contributed by atoms with E-state index in [1.807, 2.05) is 0 Å². The van der Waals surface area contributed by atoms with E-state index >= 15 is 0 Å². The monoisotopic (exact) mass is 272 g/mol. The van der Waals surface area contributed by atoms with E-state index in [-0.39, 0.29) is 5.03 Å². The van der Waals surface area contributed by atoms with E-state index in [0.717, 1.165) is 25.9 Å². The summed E-state index contributed by atoms with van der Waals surface area (Å²) < 4.78 is 25.8. The molecule has 7 heteroatoms. The van der Waals surface area contributed by atoms with Crippen molar-refractivity contribution in [2.24, 2.45) is 0 Å². The standard InChI is InChI=1S/C11H20N4O2S/c1-3-15-8-4-5-10(15)9-14(2)18(16,17)11-6-7-12-13-11/h6-7,10H,3-5,8-9H2,1-2H3,(H,12,13). The van der Waals surface area contributed by atoms with Crippen LogP contribution < -0.4 is 0 Å². The maximum Gasteiger partial charge on any atom is 0.259 e. The van der Waals surface area contributed by atoms with Crippen molar-refractivity contribution in [3.63, 3.8) is 0 Å². The Bertz CT molecular complexity index is 471. The van der Waals surface area contributed by atoms with Crippen LogP contribution in [0.2, 0.25) is 0 Å². The first-order valence-electron chi connectivity index (χ1n) is 6.25. The van der Waals surface area contributed by atoms with Gasteiger partial charge in [0.25, 0.3) is 10.0 Å². The molecule has 1 aromatic rings. The minimum Gasteiger partial charge on any atom is -0.299 e. The Morgan fingerprint density at radius 3 is 3.00 bits per heavy atom. The van der Waals surface area contributed by atoms with Crippen molar-refractivity contribution in [1.29, 1.82) is 0 Å². The van der Waals surface area contributed by atoms with E-state index in [0.29, 0.717) is 12.6 Å². The predicted octanol–water partition coefficient (Wildman–Crippen LogP) is 0.515. The van der Waals surface area contributed by atoms with Crippen molar-refractivity contribution in [3.8, 4) is 0 Å². The number of aromatic nitrogens is 2. The first-order valence-corrected chi connectivity index (χ1v) is 7.69. The molecule has 2 heterocycles. The van der Waals surface area contributed by atoms with Gasteiger partial charge in [0.2, 0.25) is 0 Å². The van der Waals surface area contributed by atoms with Gasteiger partial charge in [0.05, 0.1) is 6.20 Å². The fourth-order valence-corrected chi connectivity index (χ4v) is 3.57. The molecule has 1 N–H and O–H groups in total. The van der Waals surface area contributed by atoms with Crippen LogP contribution in [0, 0.1) is 0 Å². The number of nitrogens with one attached hydrogen (secondary N) is 1. The Kier molecular flexibility index (Phi) is 4.04. The minimum atomic E-state index is -3.43. The van der Waals surface area contributed by atoms with Crippen molar-refractivity contribution in [2.45, 2.75) is 30.8 Å². The van der Waals surface area contributed by atoms with E-state index in [4.69, 9.17) is 0 Å². The normalized spacial score (nSPS) is 21.8. The lowest BCUT2D eigenvalue weighted by Crippen LogP contribution is -2.41. The molecule has 0 radical (unpaired) electrons. The van der Waals surface area contributed by atoms with Crippen LogP contribution in [0.3, 0.4) is 0 Å². The fourth-order valence-electron chi connectivity index (χ4n) is 2.47. The molecule has 0 bridgehead atoms. The highest BCUT2D eigenvalue weighted by Gasteiger charge is 2.29. The highest BCUT2D eigenvalue weighted by molar-refractivity contribution is 7.89. The second kappa shape index (κ2) is 5.38. The zero-order valence-electron chi connectivity index (χ0n) is 10.8. The first-order chi connectivity index (χ1) is 8.55. The summed E-state index contributed by atoms with van der Waals surface area (Å²) in [5.74, 6) is 0. The second-order valence-corrected chi connectivity index (χ2v) is 6.64. The smallest absolute Gasteiger partial charge is 0.259 e. The summed E-state index contributed by atoms with van der Waals surface area (Å²) in [7, 11) is -1.80. The summed E-state index contributed by atoms with van der Waals surface area (Å²) in [6.07, 6.45) is 3.67. The Labute approximate surface area is 108 Å². The largest absolute Gasteiger partial charge is 0.299 e. The van der Waals surface area contributed by atoms with Gasteiger partial charge in [-0.1, -0.05) is 6.92 Å². The number of rotatable bonds is 5. The van der Waals surface area contributed by atoms with Crippen LogP contribution in [0.25, 0.3) is 0 Å². The predicted molar refractivity (Wildman–Crippen MR) is 68.7 cm³/mol. The number of likely N-dealkylation sites (tertiary alicyclic amines) is 1. The lowest BCUT2D eigenvalue weighted by Gasteiger charge is -2.26. The number of likely N-dealkylation sites (N-methyl/N-ethyl adjacent to an activating group) is 2. The molecule has 0 aliphatic carbocycles. The van der Waals surface area contributed by atoms with Crippen LogP contribution in [-0.2, 0) is 10.0 Å². The Balaban J connectivity index is 2.06. The number of aromatic amines is 1. The van der Waals surface area contributed by atoms with Gasteiger partial charge < -0.3 is 0 Å².